The minimum absolute atomic E-state index is 0.0315. The lowest BCUT2D eigenvalue weighted by Gasteiger charge is -2.26. The first-order chi connectivity index (χ1) is 11.5. The van der Waals surface area contributed by atoms with Crippen LogP contribution in [0.5, 0.6) is 0 Å². The molecule has 2 heterocycles. The highest BCUT2D eigenvalue weighted by atomic mass is 19.1. The summed E-state index contributed by atoms with van der Waals surface area (Å²) in [6, 6.07) is 5.49. The summed E-state index contributed by atoms with van der Waals surface area (Å²) in [7, 11) is 1.78. The highest BCUT2D eigenvalue weighted by Crippen LogP contribution is 2.37. The van der Waals surface area contributed by atoms with Crippen molar-refractivity contribution in [3.05, 3.63) is 53.9 Å². The number of hydrogen-bond acceptors (Lipinski definition) is 3. The number of hydrogen-bond donors (Lipinski definition) is 1. The zero-order chi connectivity index (χ0) is 17.3. The molecule has 1 fully saturated rings. The Hall–Kier alpha value is -2.70. The molecule has 1 N–H and O–H groups in total. The summed E-state index contributed by atoms with van der Waals surface area (Å²) in [5.74, 6) is -1.76. The molecule has 0 radical (unpaired) electrons. The first-order valence-corrected chi connectivity index (χ1v) is 7.71. The number of amides is 1. The third-order valence-corrected chi connectivity index (χ3v) is 4.43. The summed E-state index contributed by atoms with van der Waals surface area (Å²) in [6.07, 6.45) is 3.82. The molecule has 1 aromatic carbocycles. The largest absolute Gasteiger partial charge is 0.481 e. The van der Waals surface area contributed by atoms with Gasteiger partial charge >= 0.3 is 5.97 Å². The maximum atomic E-state index is 13.0. The molecule has 3 rings (SSSR count). The first-order valence-electron chi connectivity index (χ1n) is 7.71. The van der Waals surface area contributed by atoms with E-state index >= 15 is 0 Å². The van der Waals surface area contributed by atoms with Crippen LogP contribution in [0.4, 0.5) is 4.39 Å². The Kier molecular flexibility index (Phi) is 4.33. The van der Waals surface area contributed by atoms with Crippen LogP contribution in [0.1, 0.15) is 23.9 Å². The van der Waals surface area contributed by atoms with Gasteiger partial charge in [0.2, 0.25) is 5.91 Å². The summed E-state index contributed by atoms with van der Waals surface area (Å²) in [5, 5.41) is 9.47. The van der Waals surface area contributed by atoms with E-state index in [1.54, 1.807) is 41.0 Å². The summed E-state index contributed by atoms with van der Waals surface area (Å²) in [5.41, 5.74) is 0.890. The van der Waals surface area contributed by atoms with Crippen molar-refractivity contribution in [2.75, 3.05) is 6.54 Å². The Morgan fingerprint density at radius 2 is 2.08 bits per heavy atom. The molecule has 2 unspecified atom stereocenters. The second-order valence-electron chi connectivity index (χ2n) is 5.95. The summed E-state index contributed by atoms with van der Waals surface area (Å²) in [6.45, 7) is 0.367. The third kappa shape index (κ3) is 3.02. The van der Waals surface area contributed by atoms with E-state index < -0.39 is 17.9 Å². The number of carboxylic acid groups (broad SMARTS) is 1. The number of carboxylic acids is 1. The molecule has 1 amide bonds. The Balaban J connectivity index is 1.83. The molecular weight excluding hydrogens is 313 g/mol. The summed E-state index contributed by atoms with van der Waals surface area (Å²) in [4.78, 5) is 29.7. The quantitative estimate of drug-likeness (QED) is 0.906. The molecule has 0 aliphatic carbocycles. The van der Waals surface area contributed by atoms with Gasteiger partial charge in [-0.2, -0.15) is 0 Å². The number of nitrogens with zero attached hydrogens (tertiary/aromatic N) is 3. The molecule has 1 aliphatic rings. The predicted octanol–water partition coefficient (Wildman–Crippen LogP) is 1.78. The standard InChI is InChI=1S/C17H18FN3O3/c1-20-9-7-19-16(20)15-13(17(23)24)10-14(22)21(15)8-6-11-2-4-12(18)5-3-11/h2-5,7,9,13,15H,6,8,10H2,1H3,(H,23,24). The van der Waals surface area contributed by atoms with Crippen molar-refractivity contribution in [2.45, 2.75) is 18.9 Å². The fourth-order valence-electron chi connectivity index (χ4n) is 3.16. The number of rotatable bonds is 5. The Labute approximate surface area is 138 Å². The normalized spacial score (nSPS) is 20.6. The molecule has 0 spiro atoms. The van der Waals surface area contributed by atoms with Crippen molar-refractivity contribution >= 4 is 11.9 Å². The molecule has 24 heavy (non-hydrogen) atoms. The molecule has 0 saturated carbocycles. The van der Waals surface area contributed by atoms with Crippen LogP contribution < -0.4 is 0 Å². The van der Waals surface area contributed by atoms with Gasteiger partial charge in [0.15, 0.2) is 0 Å². The van der Waals surface area contributed by atoms with E-state index in [9.17, 15) is 19.1 Å². The van der Waals surface area contributed by atoms with E-state index in [1.165, 1.54) is 12.1 Å². The number of likely N-dealkylation sites (tertiary alicyclic amines) is 1. The lowest BCUT2D eigenvalue weighted by atomic mass is 9.99. The number of carbonyl (C=O) groups excluding carboxylic acids is 1. The van der Waals surface area contributed by atoms with Gasteiger partial charge in [0.05, 0.1) is 5.92 Å². The van der Waals surface area contributed by atoms with Crippen molar-refractivity contribution in [1.82, 2.24) is 14.5 Å². The van der Waals surface area contributed by atoms with Crippen LogP contribution >= 0.6 is 0 Å². The fraction of sp³-hybridized carbons (Fsp3) is 0.353. The van der Waals surface area contributed by atoms with Crippen LogP contribution in [0.25, 0.3) is 0 Å². The van der Waals surface area contributed by atoms with Crippen molar-refractivity contribution in [3.8, 4) is 0 Å². The Morgan fingerprint density at radius 1 is 1.38 bits per heavy atom. The van der Waals surface area contributed by atoms with Gasteiger partial charge in [-0.1, -0.05) is 12.1 Å². The van der Waals surface area contributed by atoms with Gasteiger partial charge < -0.3 is 14.6 Å². The molecular formula is C17H18FN3O3. The highest BCUT2D eigenvalue weighted by Gasteiger charge is 2.46. The number of benzene rings is 1. The van der Waals surface area contributed by atoms with Crippen LogP contribution in [0.3, 0.4) is 0 Å². The van der Waals surface area contributed by atoms with Gasteiger partial charge in [-0.05, 0) is 24.1 Å². The minimum Gasteiger partial charge on any atom is -0.481 e. The van der Waals surface area contributed by atoms with Gasteiger partial charge in [0, 0.05) is 32.4 Å². The molecule has 126 valence electrons. The van der Waals surface area contributed by atoms with Gasteiger partial charge in [-0.3, -0.25) is 9.59 Å². The number of halogens is 1. The zero-order valence-corrected chi connectivity index (χ0v) is 13.2. The second kappa shape index (κ2) is 6.43. The molecule has 1 aromatic heterocycles. The van der Waals surface area contributed by atoms with Crippen molar-refractivity contribution in [1.29, 1.82) is 0 Å². The van der Waals surface area contributed by atoms with Gasteiger partial charge in [0.25, 0.3) is 0 Å². The van der Waals surface area contributed by atoms with Crippen LogP contribution in [0.15, 0.2) is 36.7 Å². The Morgan fingerprint density at radius 3 is 2.67 bits per heavy atom. The van der Waals surface area contributed by atoms with E-state index in [-0.39, 0.29) is 18.1 Å². The number of aryl methyl sites for hydroxylation is 1. The molecule has 2 aromatic rings. The molecule has 1 saturated heterocycles. The molecule has 2 atom stereocenters. The highest BCUT2D eigenvalue weighted by molar-refractivity contribution is 5.87. The molecule has 1 aliphatic heterocycles. The van der Waals surface area contributed by atoms with Crippen molar-refractivity contribution in [3.63, 3.8) is 0 Å². The van der Waals surface area contributed by atoms with Crippen LogP contribution in [-0.4, -0.2) is 38.0 Å². The SMILES string of the molecule is Cn1ccnc1C1C(C(=O)O)CC(=O)N1CCc1ccc(F)cc1. The molecule has 6 nitrogen and oxygen atoms in total. The smallest absolute Gasteiger partial charge is 0.309 e. The molecule has 0 bridgehead atoms. The van der Waals surface area contributed by atoms with Crippen LogP contribution in [0, 0.1) is 11.7 Å². The van der Waals surface area contributed by atoms with E-state index in [4.69, 9.17) is 0 Å². The monoisotopic (exact) mass is 331 g/mol. The van der Waals surface area contributed by atoms with E-state index in [0.717, 1.165) is 5.56 Å². The Bertz CT molecular complexity index is 757. The maximum Gasteiger partial charge on any atom is 0.309 e. The van der Waals surface area contributed by atoms with E-state index in [1.807, 2.05) is 0 Å². The number of carbonyl (C=O) groups is 2. The average Bonchev–Trinajstić information content (AvgIpc) is 3.10. The van der Waals surface area contributed by atoms with Crippen molar-refractivity contribution < 1.29 is 19.1 Å². The third-order valence-electron chi connectivity index (χ3n) is 4.43. The van der Waals surface area contributed by atoms with Gasteiger partial charge in [0.1, 0.15) is 17.7 Å². The topological polar surface area (TPSA) is 75.4 Å². The summed E-state index contributed by atoms with van der Waals surface area (Å²) >= 11 is 0. The predicted molar refractivity (Wildman–Crippen MR) is 83.5 cm³/mol. The lowest BCUT2D eigenvalue weighted by molar-refractivity contribution is -0.142. The van der Waals surface area contributed by atoms with Crippen LogP contribution in [-0.2, 0) is 23.1 Å². The molecule has 7 heteroatoms. The van der Waals surface area contributed by atoms with Gasteiger partial charge in [-0.15, -0.1) is 0 Å². The number of aliphatic carboxylic acids is 1. The lowest BCUT2D eigenvalue weighted by Crippen LogP contribution is -2.34. The van der Waals surface area contributed by atoms with Crippen LogP contribution in [0.2, 0.25) is 0 Å². The maximum absolute atomic E-state index is 13.0. The van der Waals surface area contributed by atoms with E-state index in [2.05, 4.69) is 4.98 Å². The second-order valence-corrected chi connectivity index (χ2v) is 5.95. The minimum atomic E-state index is -0.999. The fourth-order valence-corrected chi connectivity index (χ4v) is 3.16. The first kappa shape index (κ1) is 16.2. The van der Waals surface area contributed by atoms with Crippen molar-refractivity contribution in [2.24, 2.45) is 13.0 Å². The van der Waals surface area contributed by atoms with Gasteiger partial charge in [-0.25, -0.2) is 9.37 Å². The number of imidazole rings is 1. The number of aromatic nitrogens is 2. The van der Waals surface area contributed by atoms with E-state index in [0.29, 0.717) is 18.8 Å². The average molecular weight is 331 g/mol. The summed E-state index contributed by atoms with van der Waals surface area (Å²) < 4.78 is 14.7. The zero-order valence-electron chi connectivity index (χ0n) is 13.2.